The van der Waals surface area contributed by atoms with Crippen molar-refractivity contribution < 1.29 is 22.4 Å². The Bertz CT molecular complexity index is 1170. The average molecular weight is 466 g/mol. The second kappa shape index (κ2) is 9.06. The van der Waals surface area contributed by atoms with Gasteiger partial charge in [-0.2, -0.15) is 9.57 Å². The lowest BCUT2D eigenvalue weighted by molar-refractivity contribution is -0.113. The van der Waals surface area contributed by atoms with E-state index in [1.807, 2.05) is 6.07 Å². The summed E-state index contributed by atoms with van der Waals surface area (Å²) in [5, 5.41) is 8.50. The highest BCUT2D eigenvalue weighted by molar-refractivity contribution is 8.19. The molecule has 2 amide bonds. The molecule has 1 aromatic carbocycles. The summed E-state index contributed by atoms with van der Waals surface area (Å²) in [5.74, 6) is 0.112. The van der Waals surface area contributed by atoms with E-state index in [0.717, 1.165) is 27.2 Å². The quantitative estimate of drug-likeness (QED) is 0.571. The van der Waals surface area contributed by atoms with Crippen molar-refractivity contribution in [1.29, 1.82) is 5.26 Å². The SMILES string of the molecule is CS(=O)(=O)N(CCC#N)Cc1ccc(/C=C2\SC(=O)N(c3ccccc3Cl)C2=O)o1. The second-order valence-corrected chi connectivity index (χ2v) is 9.66. The monoisotopic (exact) mass is 465 g/mol. The number of rotatable bonds is 7. The molecule has 0 aliphatic carbocycles. The van der Waals surface area contributed by atoms with E-state index >= 15 is 0 Å². The molecule has 2 aromatic rings. The van der Waals surface area contributed by atoms with Gasteiger partial charge in [-0.1, -0.05) is 23.7 Å². The van der Waals surface area contributed by atoms with Crippen LogP contribution >= 0.6 is 23.4 Å². The van der Waals surface area contributed by atoms with Crippen LogP contribution in [0.15, 0.2) is 45.7 Å². The van der Waals surface area contributed by atoms with E-state index in [1.165, 1.54) is 6.08 Å². The number of benzene rings is 1. The molecular formula is C19H16ClN3O5S2. The number of nitrogens with zero attached hydrogens (tertiary/aromatic N) is 3. The summed E-state index contributed by atoms with van der Waals surface area (Å²) in [5.41, 5.74) is 0.298. The lowest BCUT2D eigenvalue weighted by atomic mass is 10.3. The van der Waals surface area contributed by atoms with Crippen LogP contribution in [0.4, 0.5) is 10.5 Å². The van der Waals surface area contributed by atoms with E-state index in [1.54, 1.807) is 36.4 Å². The molecule has 1 aliphatic rings. The molecule has 11 heteroatoms. The molecule has 0 saturated carbocycles. The standard InChI is InChI=1S/C19H16ClN3O5S2/c1-30(26,27)22(10-4-9-21)12-14-8-7-13(28-14)11-17-18(24)23(19(25)29-17)16-6-3-2-5-15(16)20/h2-3,5-8,11H,4,10,12H2,1H3/b17-11-. The molecule has 0 radical (unpaired) electrons. The van der Waals surface area contributed by atoms with Gasteiger partial charge in [0.1, 0.15) is 11.5 Å². The molecule has 0 bridgehead atoms. The van der Waals surface area contributed by atoms with Gasteiger partial charge in [0.25, 0.3) is 11.1 Å². The number of furan rings is 1. The van der Waals surface area contributed by atoms with Crippen molar-refractivity contribution in [2.45, 2.75) is 13.0 Å². The summed E-state index contributed by atoms with van der Waals surface area (Å²) in [6, 6.07) is 11.6. The first-order valence-electron chi connectivity index (χ1n) is 8.64. The molecule has 1 saturated heterocycles. The Morgan fingerprint density at radius 3 is 2.67 bits per heavy atom. The zero-order valence-corrected chi connectivity index (χ0v) is 18.1. The average Bonchev–Trinajstić information content (AvgIpc) is 3.23. The number of hydrogen-bond donors (Lipinski definition) is 0. The maximum absolute atomic E-state index is 12.7. The highest BCUT2D eigenvalue weighted by atomic mass is 35.5. The number of amides is 2. The van der Waals surface area contributed by atoms with Gasteiger partial charge in [-0.25, -0.2) is 13.3 Å². The number of carbonyl (C=O) groups excluding carboxylic acids is 2. The van der Waals surface area contributed by atoms with E-state index < -0.39 is 21.2 Å². The molecule has 0 N–H and O–H groups in total. The van der Waals surface area contributed by atoms with Crippen LogP contribution in [-0.2, 0) is 21.4 Å². The Hall–Kier alpha value is -2.58. The van der Waals surface area contributed by atoms with Gasteiger partial charge in [-0.15, -0.1) is 0 Å². The third-order valence-electron chi connectivity index (χ3n) is 4.12. The van der Waals surface area contributed by atoms with Gasteiger partial charge in [-0.05, 0) is 36.0 Å². The molecule has 30 heavy (non-hydrogen) atoms. The van der Waals surface area contributed by atoms with E-state index in [4.69, 9.17) is 21.3 Å². The number of thioether (sulfide) groups is 1. The van der Waals surface area contributed by atoms with Gasteiger partial charge in [0, 0.05) is 19.0 Å². The molecule has 156 valence electrons. The number of halogens is 1. The van der Waals surface area contributed by atoms with Crippen LogP contribution in [0.1, 0.15) is 17.9 Å². The van der Waals surface area contributed by atoms with Gasteiger partial charge >= 0.3 is 0 Å². The first-order valence-corrected chi connectivity index (χ1v) is 11.7. The molecule has 1 fully saturated rings. The maximum atomic E-state index is 12.7. The Balaban J connectivity index is 1.79. The van der Waals surface area contributed by atoms with Gasteiger partial charge < -0.3 is 4.42 Å². The minimum atomic E-state index is -3.52. The second-order valence-electron chi connectivity index (χ2n) is 6.28. The van der Waals surface area contributed by atoms with E-state index in [9.17, 15) is 18.0 Å². The van der Waals surface area contributed by atoms with Crippen molar-refractivity contribution in [2.24, 2.45) is 0 Å². The number of sulfonamides is 1. The first kappa shape index (κ1) is 22.1. The van der Waals surface area contributed by atoms with Crippen molar-refractivity contribution >= 4 is 56.3 Å². The minimum Gasteiger partial charge on any atom is -0.460 e. The zero-order chi connectivity index (χ0) is 21.9. The minimum absolute atomic E-state index is 0.0437. The van der Waals surface area contributed by atoms with Crippen molar-refractivity contribution in [1.82, 2.24) is 4.31 Å². The van der Waals surface area contributed by atoms with Gasteiger partial charge in [-0.3, -0.25) is 9.59 Å². The van der Waals surface area contributed by atoms with Gasteiger partial charge in [0.2, 0.25) is 10.0 Å². The van der Waals surface area contributed by atoms with Gasteiger partial charge in [0.15, 0.2) is 0 Å². The Morgan fingerprint density at radius 2 is 2.00 bits per heavy atom. The van der Waals surface area contributed by atoms with Crippen LogP contribution in [0.2, 0.25) is 5.02 Å². The van der Waals surface area contributed by atoms with Crippen molar-refractivity contribution in [3.8, 4) is 6.07 Å². The zero-order valence-electron chi connectivity index (χ0n) is 15.7. The van der Waals surface area contributed by atoms with Crippen molar-refractivity contribution in [3.05, 3.63) is 57.8 Å². The number of carbonyl (C=O) groups is 2. The summed E-state index contributed by atoms with van der Waals surface area (Å²) >= 11 is 6.86. The molecule has 1 aliphatic heterocycles. The van der Waals surface area contributed by atoms with Crippen LogP contribution in [-0.4, -0.2) is 36.7 Å². The summed E-state index contributed by atoms with van der Waals surface area (Å²) in [6.45, 7) is -0.00244. The predicted octanol–water partition coefficient (Wildman–Crippen LogP) is 3.85. The normalized spacial score (nSPS) is 15.9. The summed E-state index contributed by atoms with van der Waals surface area (Å²) in [7, 11) is -3.52. The number of anilines is 1. The molecule has 3 rings (SSSR count). The van der Waals surface area contributed by atoms with Crippen molar-refractivity contribution in [2.75, 3.05) is 17.7 Å². The molecule has 0 spiro atoms. The Labute approximate surface area is 182 Å². The maximum Gasteiger partial charge on any atom is 0.298 e. The largest absolute Gasteiger partial charge is 0.460 e. The molecule has 1 aromatic heterocycles. The lowest BCUT2D eigenvalue weighted by Crippen LogP contribution is -2.30. The predicted molar refractivity (Wildman–Crippen MR) is 114 cm³/mol. The molecule has 8 nitrogen and oxygen atoms in total. The van der Waals surface area contributed by atoms with E-state index in [2.05, 4.69) is 0 Å². The fourth-order valence-corrected chi connectivity index (χ4v) is 4.52. The van der Waals surface area contributed by atoms with Gasteiger partial charge in [0.05, 0.1) is 34.5 Å². The number of nitriles is 1. The fourth-order valence-electron chi connectivity index (χ4n) is 2.71. The van der Waals surface area contributed by atoms with Crippen LogP contribution in [0.5, 0.6) is 0 Å². The molecular weight excluding hydrogens is 450 g/mol. The van der Waals surface area contributed by atoms with Crippen LogP contribution < -0.4 is 4.90 Å². The third kappa shape index (κ3) is 4.94. The Kier molecular flexibility index (Phi) is 6.67. The Morgan fingerprint density at radius 1 is 1.27 bits per heavy atom. The third-order valence-corrected chi connectivity index (χ3v) is 6.56. The number of para-hydroxylation sites is 1. The number of imide groups is 1. The van der Waals surface area contributed by atoms with Crippen molar-refractivity contribution in [3.63, 3.8) is 0 Å². The topological polar surface area (TPSA) is 112 Å². The van der Waals surface area contributed by atoms with E-state index in [-0.39, 0.29) is 29.4 Å². The first-order chi connectivity index (χ1) is 14.2. The fraction of sp³-hybridized carbons (Fsp3) is 0.211. The summed E-state index contributed by atoms with van der Waals surface area (Å²) in [6.07, 6.45) is 2.53. The van der Waals surface area contributed by atoms with Crippen LogP contribution in [0.25, 0.3) is 6.08 Å². The summed E-state index contributed by atoms with van der Waals surface area (Å²) < 4.78 is 30.5. The van der Waals surface area contributed by atoms with Crippen LogP contribution in [0, 0.1) is 11.3 Å². The van der Waals surface area contributed by atoms with E-state index in [0.29, 0.717) is 17.2 Å². The molecule has 2 heterocycles. The molecule has 0 unspecified atom stereocenters. The highest BCUT2D eigenvalue weighted by Gasteiger charge is 2.37. The molecule has 0 atom stereocenters. The number of hydrogen-bond acceptors (Lipinski definition) is 7. The lowest BCUT2D eigenvalue weighted by Gasteiger charge is -2.16. The summed E-state index contributed by atoms with van der Waals surface area (Å²) in [4.78, 5) is 26.2. The highest BCUT2D eigenvalue weighted by Crippen LogP contribution is 2.38. The van der Waals surface area contributed by atoms with Crippen LogP contribution in [0.3, 0.4) is 0 Å². The smallest absolute Gasteiger partial charge is 0.298 e.